The summed E-state index contributed by atoms with van der Waals surface area (Å²) in [5, 5.41) is 0.580. The van der Waals surface area contributed by atoms with E-state index in [1.165, 1.54) is 18.4 Å². The number of hydrogen-bond donors (Lipinski definition) is 2. The van der Waals surface area contributed by atoms with E-state index in [-0.39, 0.29) is 17.1 Å². The Morgan fingerprint density at radius 2 is 2.08 bits per heavy atom. The summed E-state index contributed by atoms with van der Waals surface area (Å²) in [6, 6.07) is 3.68. The van der Waals surface area contributed by atoms with Crippen LogP contribution in [0.3, 0.4) is 0 Å². The second-order valence-corrected chi connectivity index (χ2v) is 9.12. The molecule has 0 aliphatic heterocycles. The molecule has 136 valence electrons. The van der Waals surface area contributed by atoms with E-state index in [0.717, 1.165) is 26.4 Å². The third-order valence-electron chi connectivity index (χ3n) is 4.15. The first-order chi connectivity index (χ1) is 12.4. The highest BCUT2D eigenvalue weighted by Crippen LogP contribution is 2.37. The lowest BCUT2D eigenvalue weighted by Gasteiger charge is -2.11. The van der Waals surface area contributed by atoms with Gasteiger partial charge in [-0.15, -0.1) is 11.3 Å². The standard InChI is InChI=1S/C16H17N5O3S2/c1-8-11-6-13(25-15(11)20-16(17)19-8)9-5-12(14(24-2)18-7-9)21-26(22,23)10-3-4-10/h5-7,10,21H,3-4H2,1-2H3,(H2,17,19,20). The molecule has 0 atom stereocenters. The van der Waals surface area contributed by atoms with E-state index in [0.29, 0.717) is 18.5 Å². The molecule has 0 amide bonds. The Bertz CT molecular complexity index is 1110. The molecule has 4 rings (SSSR count). The molecule has 1 saturated carbocycles. The maximum Gasteiger partial charge on any atom is 0.238 e. The van der Waals surface area contributed by atoms with Crippen molar-refractivity contribution in [3.05, 3.63) is 24.0 Å². The van der Waals surface area contributed by atoms with E-state index in [9.17, 15) is 8.42 Å². The fourth-order valence-corrected chi connectivity index (χ4v) is 5.11. The molecule has 3 N–H and O–H groups in total. The molecule has 0 unspecified atom stereocenters. The van der Waals surface area contributed by atoms with Gasteiger partial charge in [0.1, 0.15) is 10.5 Å². The van der Waals surface area contributed by atoms with Crippen molar-refractivity contribution in [3.63, 3.8) is 0 Å². The van der Waals surface area contributed by atoms with Crippen LogP contribution >= 0.6 is 11.3 Å². The first kappa shape index (κ1) is 17.0. The molecule has 3 heterocycles. The summed E-state index contributed by atoms with van der Waals surface area (Å²) in [6.07, 6.45) is 3.01. The van der Waals surface area contributed by atoms with Crippen LogP contribution in [0.4, 0.5) is 11.6 Å². The van der Waals surface area contributed by atoms with Gasteiger partial charge in [-0.05, 0) is 31.9 Å². The van der Waals surface area contributed by atoms with Gasteiger partial charge in [-0.25, -0.2) is 23.4 Å². The highest BCUT2D eigenvalue weighted by molar-refractivity contribution is 7.93. The van der Waals surface area contributed by atoms with Gasteiger partial charge in [-0.1, -0.05) is 0 Å². The van der Waals surface area contributed by atoms with Crippen molar-refractivity contribution in [3.8, 4) is 16.3 Å². The zero-order valence-corrected chi connectivity index (χ0v) is 15.8. The fourth-order valence-electron chi connectivity index (χ4n) is 2.66. The molecule has 3 aromatic heterocycles. The Morgan fingerprint density at radius 1 is 1.31 bits per heavy atom. The van der Waals surface area contributed by atoms with Crippen molar-refractivity contribution >= 4 is 43.2 Å². The van der Waals surface area contributed by atoms with Crippen molar-refractivity contribution < 1.29 is 13.2 Å². The minimum atomic E-state index is -3.41. The van der Waals surface area contributed by atoms with E-state index in [4.69, 9.17) is 10.5 Å². The van der Waals surface area contributed by atoms with Crippen LogP contribution in [-0.4, -0.2) is 35.7 Å². The first-order valence-electron chi connectivity index (χ1n) is 7.97. The number of anilines is 2. The van der Waals surface area contributed by atoms with Gasteiger partial charge in [-0.2, -0.15) is 0 Å². The van der Waals surface area contributed by atoms with Gasteiger partial charge in [0.25, 0.3) is 0 Å². The van der Waals surface area contributed by atoms with Crippen molar-refractivity contribution in [2.75, 3.05) is 17.6 Å². The van der Waals surface area contributed by atoms with E-state index in [1.54, 1.807) is 12.3 Å². The van der Waals surface area contributed by atoms with Gasteiger partial charge < -0.3 is 10.5 Å². The first-order valence-corrected chi connectivity index (χ1v) is 10.3. The summed E-state index contributed by atoms with van der Waals surface area (Å²) in [5.41, 5.74) is 7.61. The van der Waals surface area contributed by atoms with Gasteiger partial charge >= 0.3 is 0 Å². The number of nitrogens with one attached hydrogen (secondary N) is 1. The van der Waals surface area contributed by atoms with Gasteiger partial charge in [0, 0.05) is 22.0 Å². The lowest BCUT2D eigenvalue weighted by Crippen LogP contribution is -2.18. The zero-order valence-electron chi connectivity index (χ0n) is 14.2. The van der Waals surface area contributed by atoms with E-state index in [1.807, 2.05) is 13.0 Å². The Kier molecular flexibility index (Phi) is 3.96. The molecular weight excluding hydrogens is 374 g/mol. The Labute approximate surface area is 154 Å². The van der Waals surface area contributed by atoms with Gasteiger partial charge in [0.15, 0.2) is 0 Å². The third-order valence-corrected chi connectivity index (χ3v) is 7.08. The number of aryl methyl sites for hydroxylation is 1. The summed E-state index contributed by atoms with van der Waals surface area (Å²) >= 11 is 1.45. The summed E-state index contributed by atoms with van der Waals surface area (Å²) in [5.74, 6) is 0.466. The predicted octanol–water partition coefficient (Wildman–Crippen LogP) is 2.56. The molecule has 0 radical (unpaired) electrons. The van der Waals surface area contributed by atoms with Gasteiger partial charge in [-0.3, -0.25) is 4.72 Å². The number of rotatable bonds is 5. The number of hydrogen-bond acceptors (Lipinski definition) is 8. The second-order valence-electron chi connectivity index (χ2n) is 6.12. The number of aromatic nitrogens is 3. The molecule has 8 nitrogen and oxygen atoms in total. The number of thiophene rings is 1. The zero-order chi connectivity index (χ0) is 18.5. The Balaban J connectivity index is 1.77. The second kappa shape index (κ2) is 6.06. The number of nitrogens with two attached hydrogens (primary N) is 1. The smallest absolute Gasteiger partial charge is 0.238 e. The number of fused-ring (bicyclic) bond motifs is 1. The van der Waals surface area contributed by atoms with E-state index >= 15 is 0 Å². The molecule has 1 fully saturated rings. The molecule has 0 bridgehead atoms. The number of nitrogen functional groups attached to an aromatic ring is 1. The maximum atomic E-state index is 12.3. The van der Waals surface area contributed by atoms with Crippen LogP contribution in [0.1, 0.15) is 18.5 Å². The number of ether oxygens (including phenoxy) is 1. The van der Waals surface area contributed by atoms with Crippen LogP contribution in [0.25, 0.3) is 20.7 Å². The lowest BCUT2D eigenvalue weighted by atomic mass is 10.2. The normalized spacial score (nSPS) is 14.5. The molecule has 3 aromatic rings. The summed E-state index contributed by atoms with van der Waals surface area (Å²) < 4.78 is 32.4. The average molecular weight is 391 g/mol. The van der Waals surface area contributed by atoms with Crippen LogP contribution in [-0.2, 0) is 10.0 Å². The molecular formula is C16H17N5O3S2. The SMILES string of the molecule is COc1ncc(-c2cc3c(C)nc(N)nc3s2)cc1NS(=O)(=O)C1CC1. The van der Waals surface area contributed by atoms with Crippen molar-refractivity contribution in [1.82, 2.24) is 15.0 Å². The number of pyridine rings is 1. The predicted molar refractivity (Wildman–Crippen MR) is 102 cm³/mol. The van der Waals surface area contributed by atoms with Gasteiger partial charge in [0.05, 0.1) is 18.1 Å². The summed E-state index contributed by atoms with van der Waals surface area (Å²) in [7, 11) is -1.96. The Hall–Kier alpha value is -2.46. The highest BCUT2D eigenvalue weighted by atomic mass is 32.2. The van der Waals surface area contributed by atoms with Gasteiger partial charge in [0.2, 0.25) is 21.9 Å². The minimum absolute atomic E-state index is 0.231. The van der Waals surface area contributed by atoms with Crippen LogP contribution in [0, 0.1) is 6.92 Å². The monoisotopic (exact) mass is 391 g/mol. The van der Waals surface area contributed by atoms with Crippen LogP contribution in [0.2, 0.25) is 0 Å². The molecule has 26 heavy (non-hydrogen) atoms. The number of nitrogens with zero attached hydrogens (tertiary/aromatic N) is 3. The Morgan fingerprint density at radius 3 is 2.77 bits per heavy atom. The van der Waals surface area contributed by atoms with E-state index < -0.39 is 10.0 Å². The van der Waals surface area contributed by atoms with Crippen LogP contribution in [0.15, 0.2) is 18.3 Å². The molecule has 0 spiro atoms. The molecule has 0 aromatic carbocycles. The highest BCUT2D eigenvalue weighted by Gasteiger charge is 2.36. The number of methoxy groups -OCH3 is 1. The van der Waals surface area contributed by atoms with Crippen molar-refractivity contribution in [2.24, 2.45) is 0 Å². The van der Waals surface area contributed by atoms with Crippen LogP contribution in [0.5, 0.6) is 5.88 Å². The van der Waals surface area contributed by atoms with E-state index in [2.05, 4.69) is 19.7 Å². The molecule has 0 saturated heterocycles. The number of sulfonamides is 1. The van der Waals surface area contributed by atoms with Crippen molar-refractivity contribution in [2.45, 2.75) is 25.0 Å². The topological polar surface area (TPSA) is 120 Å². The lowest BCUT2D eigenvalue weighted by molar-refractivity contribution is 0.400. The molecule has 1 aliphatic carbocycles. The largest absolute Gasteiger partial charge is 0.480 e. The molecule has 1 aliphatic rings. The van der Waals surface area contributed by atoms with Crippen molar-refractivity contribution in [1.29, 1.82) is 0 Å². The average Bonchev–Trinajstić information content (AvgIpc) is 3.35. The minimum Gasteiger partial charge on any atom is -0.480 e. The quantitative estimate of drug-likeness (QED) is 0.686. The fraction of sp³-hybridized carbons (Fsp3) is 0.312. The molecule has 10 heteroatoms. The van der Waals surface area contributed by atoms with Crippen LogP contribution < -0.4 is 15.2 Å². The summed E-state index contributed by atoms with van der Waals surface area (Å²) in [4.78, 5) is 14.3. The summed E-state index contributed by atoms with van der Waals surface area (Å²) in [6.45, 7) is 1.87. The third kappa shape index (κ3) is 3.06. The maximum absolute atomic E-state index is 12.3.